The molecule has 3 rings (SSSR count). The summed E-state index contributed by atoms with van der Waals surface area (Å²) in [7, 11) is 0. The second-order valence-electron chi connectivity index (χ2n) is 6.16. The highest BCUT2D eigenvalue weighted by Crippen LogP contribution is 2.22. The van der Waals surface area contributed by atoms with Gasteiger partial charge < -0.3 is 14.8 Å². The second-order valence-corrected chi connectivity index (χ2v) is 6.16. The summed E-state index contributed by atoms with van der Waals surface area (Å²) in [5.74, 6) is -0.526. The number of piperidine rings is 1. The van der Waals surface area contributed by atoms with E-state index < -0.39 is 12.5 Å². The van der Waals surface area contributed by atoms with Crippen LogP contribution in [0.1, 0.15) is 29.6 Å². The predicted octanol–water partition coefficient (Wildman–Crippen LogP) is 2.27. The first-order chi connectivity index (χ1) is 11.6. The maximum absolute atomic E-state index is 12.5. The number of nitrogens with one attached hydrogen (secondary N) is 1. The molecule has 0 saturated carbocycles. The lowest BCUT2D eigenvalue weighted by atomic mass is 10.0. The summed E-state index contributed by atoms with van der Waals surface area (Å²) in [6, 6.07) is 6.03. The first kappa shape index (κ1) is 17.1. The third-order valence-corrected chi connectivity index (χ3v) is 4.57. The topological polar surface area (TPSA) is 50.8 Å². The van der Waals surface area contributed by atoms with Crippen LogP contribution in [0.25, 0.3) is 0 Å². The van der Waals surface area contributed by atoms with Crippen LogP contribution >= 0.6 is 0 Å². The molecule has 2 aliphatic rings. The fourth-order valence-electron chi connectivity index (χ4n) is 3.39. The number of carbonyl (C=O) groups excluding carboxylic acids is 1. The first-order valence-corrected chi connectivity index (χ1v) is 8.31. The van der Waals surface area contributed by atoms with Gasteiger partial charge in [-0.25, -0.2) is 0 Å². The predicted molar refractivity (Wildman–Crippen MR) is 84.4 cm³/mol. The van der Waals surface area contributed by atoms with Crippen LogP contribution in [-0.2, 0) is 4.74 Å². The Balaban J connectivity index is 1.67. The molecular weight excluding hydrogens is 318 g/mol. The van der Waals surface area contributed by atoms with Gasteiger partial charge in [-0.05, 0) is 38.1 Å². The Bertz CT molecular complexity index is 565. The van der Waals surface area contributed by atoms with Gasteiger partial charge in [0.15, 0.2) is 0 Å². The Morgan fingerprint density at radius 2 is 1.96 bits per heavy atom. The fourth-order valence-corrected chi connectivity index (χ4v) is 3.39. The van der Waals surface area contributed by atoms with Crippen molar-refractivity contribution < 1.29 is 23.0 Å². The van der Waals surface area contributed by atoms with Gasteiger partial charge in [0.25, 0.3) is 5.91 Å². The Hall–Kier alpha value is -1.73. The average Bonchev–Trinajstić information content (AvgIpc) is 3.03. The third-order valence-electron chi connectivity index (χ3n) is 4.57. The van der Waals surface area contributed by atoms with Gasteiger partial charge in [0.1, 0.15) is 5.75 Å². The Labute approximate surface area is 139 Å². The number of ether oxygens (including phenoxy) is 2. The molecule has 7 heteroatoms. The van der Waals surface area contributed by atoms with E-state index in [9.17, 15) is 13.6 Å². The summed E-state index contributed by atoms with van der Waals surface area (Å²) in [5.41, 5.74) is 0.113. The lowest BCUT2D eigenvalue weighted by molar-refractivity contribution is -0.0501. The number of halogens is 2. The van der Waals surface area contributed by atoms with E-state index in [2.05, 4.69) is 15.0 Å². The van der Waals surface area contributed by atoms with Crippen molar-refractivity contribution >= 4 is 5.91 Å². The fraction of sp³-hybridized carbons (Fsp3) is 0.588. The molecule has 0 unspecified atom stereocenters. The molecule has 0 aliphatic carbocycles. The van der Waals surface area contributed by atoms with Crippen molar-refractivity contribution in [2.45, 2.75) is 38.0 Å². The largest absolute Gasteiger partial charge is 0.434 e. The maximum Gasteiger partial charge on any atom is 0.387 e. The Morgan fingerprint density at radius 1 is 1.21 bits per heavy atom. The van der Waals surface area contributed by atoms with Crippen LogP contribution in [-0.4, -0.2) is 55.8 Å². The molecule has 1 aromatic rings. The second kappa shape index (κ2) is 7.90. The Morgan fingerprint density at radius 3 is 2.71 bits per heavy atom. The van der Waals surface area contributed by atoms with Crippen LogP contribution in [0.4, 0.5) is 8.78 Å². The number of nitrogens with zero attached hydrogens (tertiary/aromatic N) is 1. The standard InChI is InChI=1S/C17H22F2N2O3/c18-17(19)24-15-7-3-2-6-12(15)16(22)20-13-10-23-11-14(13)21-8-4-1-5-9-21/h2-3,6-7,13-14,17H,1,4-5,8-11H2,(H,20,22)/t13-,14-/m0/s1. The number of benzene rings is 1. The molecule has 2 aliphatic heterocycles. The third kappa shape index (κ3) is 4.02. The van der Waals surface area contributed by atoms with Crippen molar-refractivity contribution in [3.8, 4) is 5.75 Å². The van der Waals surface area contributed by atoms with Gasteiger partial charge in [0.05, 0.1) is 30.9 Å². The lowest BCUT2D eigenvalue weighted by Gasteiger charge is -2.34. The molecule has 0 aromatic heterocycles. The molecule has 2 saturated heterocycles. The smallest absolute Gasteiger partial charge is 0.387 e. The number of hydrogen-bond donors (Lipinski definition) is 1. The number of carbonyl (C=O) groups is 1. The number of amides is 1. The van der Waals surface area contributed by atoms with E-state index in [1.54, 1.807) is 12.1 Å². The van der Waals surface area contributed by atoms with E-state index in [1.165, 1.54) is 18.6 Å². The van der Waals surface area contributed by atoms with Gasteiger partial charge in [-0.1, -0.05) is 18.6 Å². The Kier molecular flexibility index (Phi) is 5.63. The van der Waals surface area contributed by atoms with E-state index in [-0.39, 0.29) is 23.4 Å². The molecule has 1 aromatic carbocycles. The SMILES string of the molecule is O=C(N[C@H]1COC[C@@H]1N1CCCCC1)c1ccccc1OC(F)F. The van der Waals surface area contributed by atoms with Crippen molar-refractivity contribution in [1.82, 2.24) is 10.2 Å². The van der Waals surface area contributed by atoms with Crippen molar-refractivity contribution in [1.29, 1.82) is 0 Å². The number of rotatable bonds is 5. The lowest BCUT2D eigenvalue weighted by Crippen LogP contribution is -2.52. The van der Waals surface area contributed by atoms with Crippen molar-refractivity contribution in [3.63, 3.8) is 0 Å². The van der Waals surface area contributed by atoms with Gasteiger partial charge in [0, 0.05) is 0 Å². The van der Waals surface area contributed by atoms with Crippen LogP contribution in [0.2, 0.25) is 0 Å². The highest BCUT2D eigenvalue weighted by atomic mass is 19.3. The quantitative estimate of drug-likeness (QED) is 0.893. The van der Waals surface area contributed by atoms with E-state index >= 15 is 0 Å². The van der Waals surface area contributed by atoms with Crippen LogP contribution in [0.5, 0.6) is 5.75 Å². The summed E-state index contributed by atoms with van der Waals surface area (Å²) in [5, 5.41) is 2.93. The van der Waals surface area contributed by atoms with Crippen molar-refractivity contribution in [2.75, 3.05) is 26.3 Å². The van der Waals surface area contributed by atoms with E-state index in [4.69, 9.17) is 4.74 Å². The van der Waals surface area contributed by atoms with Crippen LogP contribution in [0.3, 0.4) is 0 Å². The van der Waals surface area contributed by atoms with Gasteiger partial charge >= 0.3 is 6.61 Å². The monoisotopic (exact) mass is 340 g/mol. The molecular formula is C17H22F2N2O3. The van der Waals surface area contributed by atoms with Crippen molar-refractivity contribution in [2.24, 2.45) is 0 Å². The van der Waals surface area contributed by atoms with E-state index in [0.29, 0.717) is 13.2 Å². The summed E-state index contributed by atoms with van der Waals surface area (Å²) in [6.45, 7) is 0.0665. The number of alkyl halides is 2. The molecule has 0 radical (unpaired) electrons. The number of likely N-dealkylation sites (tertiary alicyclic amines) is 1. The molecule has 0 bridgehead atoms. The molecule has 2 atom stereocenters. The molecule has 0 spiro atoms. The molecule has 24 heavy (non-hydrogen) atoms. The minimum atomic E-state index is -2.96. The van der Waals surface area contributed by atoms with Gasteiger partial charge in [-0.3, -0.25) is 9.69 Å². The molecule has 2 heterocycles. The van der Waals surface area contributed by atoms with E-state index in [1.807, 2.05) is 0 Å². The average molecular weight is 340 g/mol. The summed E-state index contributed by atoms with van der Waals surface area (Å²) >= 11 is 0. The van der Waals surface area contributed by atoms with Crippen LogP contribution < -0.4 is 10.1 Å². The highest BCUT2D eigenvalue weighted by Gasteiger charge is 2.35. The number of para-hydroxylation sites is 1. The zero-order valence-electron chi connectivity index (χ0n) is 13.4. The van der Waals surface area contributed by atoms with Crippen LogP contribution in [0, 0.1) is 0 Å². The van der Waals surface area contributed by atoms with Crippen molar-refractivity contribution in [3.05, 3.63) is 29.8 Å². The minimum Gasteiger partial charge on any atom is -0.434 e. The molecule has 5 nitrogen and oxygen atoms in total. The van der Waals surface area contributed by atoms with E-state index in [0.717, 1.165) is 25.9 Å². The maximum atomic E-state index is 12.5. The summed E-state index contributed by atoms with van der Waals surface area (Å²) < 4.78 is 35.0. The highest BCUT2D eigenvalue weighted by molar-refractivity contribution is 5.97. The zero-order chi connectivity index (χ0) is 16.9. The normalized spacial score (nSPS) is 25.0. The molecule has 132 valence electrons. The summed E-state index contributed by atoms with van der Waals surface area (Å²) in [6.07, 6.45) is 3.55. The molecule has 2 fully saturated rings. The summed E-state index contributed by atoms with van der Waals surface area (Å²) in [4.78, 5) is 14.9. The number of hydrogen-bond acceptors (Lipinski definition) is 4. The van der Waals surface area contributed by atoms with Crippen LogP contribution in [0.15, 0.2) is 24.3 Å². The van der Waals surface area contributed by atoms with Gasteiger partial charge in [-0.15, -0.1) is 0 Å². The zero-order valence-corrected chi connectivity index (χ0v) is 13.4. The van der Waals surface area contributed by atoms with Gasteiger partial charge in [0.2, 0.25) is 0 Å². The first-order valence-electron chi connectivity index (χ1n) is 8.31. The molecule has 1 N–H and O–H groups in total. The molecule has 1 amide bonds. The van der Waals surface area contributed by atoms with Gasteiger partial charge in [-0.2, -0.15) is 8.78 Å². The minimum absolute atomic E-state index is 0.113.